The van der Waals surface area contributed by atoms with E-state index in [2.05, 4.69) is 4.74 Å². The van der Waals surface area contributed by atoms with Gasteiger partial charge in [0.25, 0.3) is 0 Å². The van der Waals surface area contributed by atoms with Crippen LogP contribution in [0.5, 0.6) is 0 Å². The summed E-state index contributed by atoms with van der Waals surface area (Å²) >= 11 is 0. The van der Waals surface area contributed by atoms with Crippen LogP contribution in [0.1, 0.15) is 33.6 Å². The molecule has 0 aliphatic carbocycles. The Kier molecular flexibility index (Phi) is 6.91. The number of ether oxygens (including phenoxy) is 1. The lowest BCUT2D eigenvalue weighted by Crippen LogP contribution is -2.46. The van der Waals surface area contributed by atoms with Gasteiger partial charge in [0.05, 0.1) is 0 Å². The largest absolute Gasteiger partial charge is 0.511 e. The van der Waals surface area contributed by atoms with E-state index in [0.717, 1.165) is 11.6 Å². The van der Waals surface area contributed by atoms with E-state index in [-0.39, 0.29) is 6.42 Å². The molecule has 0 radical (unpaired) electrons. The van der Waals surface area contributed by atoms with E-state index in [1.54, 1.807) is 0 Å². The van der Waals surface area contributed by atoms with E-state index in [9.17, 15) is 39.6 Å². The number of carbonyl (C=O) groups is 1. The van der Waals surface area contributed by atoms with Crippen LogP contribution in [0.4, 0.5) is 26.3 Å². The molecule has 0 aromatic heterocycles. The predicted octanol–water partition coefficient (Wildman–Crippen LogP) is 2.73. The number of hydrogen-bond acceptors (Lipinski definition) is 4. The number of alkyl halides is 6. The van der Waals surface area contributed by atoms with E-state index < -0.39 is 52.2 Å². The second-order valence-electron chi connectivity index (χ2n) is 4.92. The first-order valence-electron chi connectivity index (χ1n) is 6.46. The number of carbonyl (C=O) groups excluding carboxylic acids is 1. The summed E-state index contributed by atoms with van der Waals surface area (Å²) < 4.78 is 102. The number of hydrogen-bond donors (Lipinski definition) is 1. The number of nitrogens with one attached hydrogen (secondary N) is 1. The van der Waals surface area contributed by atoms with E-state index in [0.29, 0.717) is 6.92 Å². The lowest BCUT2D eigenvalue weighted by Gasteiger charge is -2.30. The molecule has 0 fully saturated rings. The molecule has 2 unspecified atom stereocenters. The fourth-order valence-electron chi connectivity index (χ4n) is 1.30. The van der Waals surface area contributed by atoms with E-state index in [1.807, 2.05) is 0 Å². The fourth-order valence-corrected chi connectivity index (χ4v) is 1.86. The van der Waals surface area contributed by atoms with Crippen LogP contribution >= 0.6 is 0 Å². The first-order valence-corrected chi connectivity index (χ1v) is 7.94. The Hall–Kier alpha value is -1.04. The Morgan fingerprint density at radius 2 is 1.61 bits per heavy atom. The number of halogens is 6. The average molecular weight is 373 g/mol. The van der Waals surface area contributed by atoms with Gasteiger partial charge in [-0.3, -0.25) is 4.79 Å². The monoisotopic (exact) mass is 373 g/mol. The van der Waals surface area contributed by atoms with Crippen LogP contribution in [0.2, 0.25) is 0 Å². The summed E-state index contributed by atoms with van der Waals surface area (Å²) in [6, 6.07) is 0. The lowest BCUT2D eigenvalue weighted by molar-refractivity contribution is -0.233. The average Bonchev–Trinajstić information content (AvgIpc) is 2.39. The summed E-state index contributed by atoms with van der Waals surface area (Å²) in [6.45, 7) is 2.03. The van der Waals surface area contributed by atoms with Crippen molar-refractivity contribution in [1.29, 1.82) is 0 Å². The van der Waals surface area contributed by atoms with Crippen LogP contribution in [-0.4, -0.2) is 38.7 Å². The molecule has 0 spiro atoms. The van der Waals surface area contributed by atoms with Gasteiger partial charge in [0, 0.05) is 6.54 Å². The summed E-state index contributed by atoms with van der Waals surface area (Å²) in [4.78, 5) is 11.7. The van der Waals surface area contributed by atoms with E-state index in [1.165, 1.54) is 6.92 Å². The van der Waals surface area contributed by atoms with Crippen molar-refractivity contribution in [1.82, 2.24) is 4.72 Å². The first-order chi connectivity index (χ1) is 10.1. The molecule has 0 bridgehead atoms. The summed E-state index contributed by atoms with van der Waals surface area (Å²) in [5.41, 5.74) is -8.40. The highest BCUT2D eigenvalue weighted by Crippen LogP contribution is 2.42. The van der Waals surface area contributed by atoms with E-state index >= 15 is 0 Å². The number of sulfonamides is 1. The van der Waals surface area contributed by atoms with Crippen molar-refractivity contribution in [2.24, 2.45) is 5.41 Å². The van der Waals surface area contributed by atoms with E-state index in [4.69, 9.17) is 0 Å². The van der Waals surface area contributed by atoms with Crippen molar-refractivity contribution in [3.05, 3.63) is 0 Å². The molecule has 138 valence electrons. The Bertz CT molecular complexity index is 516. The Morgan fingerprint density at radius 3 is 1.91 bits per heavy atom. The van der Waals surface area contributed by atoms with Gasteiger partial charge in [0.1, 0.15) is 6.10 Å². The molecule has 0 aliphatic rings. The van der Waals surface area contributed by atoms with Crippen LogP contribution in [0.25, 0.3) is 0 Å². The second-order valence-corrected chi connectivity index (χ2v) is 6.68. The van der Waals surface area contributed by atoms with Crippen LogP contribution in [0.3, 0.4) is 0 Å². The minimum Gasteiger partial charge on any atom is -0.460 e. The zero-order valence-corrected chi connectivity index (χ0v) is 13.3. The second kappa shape index (κ2) is 7.24. The third-order valence-electron chi connectivity index (χ3n) is 3.32. The molecule has 0 aromatic carbocycles. The molecule has 0 amide bonds. The molecule has 12 heteroatoms. The summed E-state index contributed by atoms with van der Waals surface area (Å²) in [6.07, 6.45) is -7.19. The SMILES string of the molecule is CCC(CNS(=O)(=O)C(F)(F)F)OC(=O)C(C)(CC)C(F)(F)F. The van der Waals surface area contributed by atoms with Gasteiger partial charge in [-0.2, -0.15) is 26.3 Å². The van der Waals surface area contributed by atoms with Gasteiger partial charge in [-0.05, 0) is 19.8 Å². The molecule has 0 saturated heterocycles. The quantitative estimate of drug-likeness (QED) is 0.550. The summed E-state index contributed by atoms with van der Waals surface area (Å²) in [5, 5.41) is 0. The summed E-state index contributed by atoms with van der Waals surface area (Å²) in [5.74, 6) is -1.68. The standard InChI is InChI=1S/C11H17F6NO4S/c1-4-7(6-18-23(20,21)11(15,16)17)22-8(19)9(3,5-2)10(12,13)14/h7,18H,4-6H2,1-3H3. The number of rotatable bonds is 7. The van der Waals surface area contributed by atoms with Crippen LogP contribution < -0.4 is 4.72 Å². The van der Waals surface area contributed by atoms with Gasteiger partial charge >= 0.3 is 27.7 Å². The minimum absolute atomic E-state index is 0.177. The van der Waals surface area contributed by atoms with Gasteiger partial charge < -0.3 is 4.74 Å². The zero-order chi connectivity index (χ0) is 18.7. The highest BCUT2D eigenvalue weighted by Gasteiger charge is 2.57. The van der Waals surface area contributed by atoms with Crippen molar-refractivity contribution < 1.29 is 44.3 Å². The molecule has 5 nitrogen and oxygen atoms in total. The van der Waals surface area contributed by atoms with Crippen molar-refractivity contribution in [2.45, 2.75) is 51.4 Å². The minimum atomic E-state index is -5.67. The Balaban J connectivity index is 5.02. The Morgan fingerprint density at radius 1 is 1.13 bits per heavy atom. The van der Waals surface area contributed by atoms with Gasteiger partial charge in [0.15, 0.2) is 5.41 Å². The third kappa shape index (κ3) is 5.23. The molecular formula is C11H17F6NO4S. The first kappa shape index (κ1) is 22.0. The lowest BCUT2D eigenvalue weighted by atomic mass is 9.87. The molecular weight excluding hydrogens is 356 g/mol. The maximum absolute atomic E-state index is 12.9. The molecule has 0 saturated carbocycles. The molecule has 0 heterocycles. The maximum Gasteiger partial charge on any atom is 0.511 e. The molecule has 1 N–H and O–H groups in total. The van der Waals surface area contributed by atoms with Gasteiger partial charge in [-0.15, -0.1) is 0 Å². The highest BCUT2D eigenvalue weighted by atomic mass is 32.2. The van der Waals surface area contributed by atoms with Gasteiger partial charge in [-0.25, -0.2) is 13.1 Å². The predicted molar refractivity (Wildman–Crippen MR) is 67.6 cm³/mol. The van der Waals surface area contributed by atoms with Crippen molar-refractivity contribution in [3.8, 4) is 0 Å². The highest BCUT2D eigenvalue weighted by molar-refractivity contribution is 7.90. The van der Waals surface area contributed by atoms with Crippen molar-refractivity contribution in [3.63, 3.8) is 0 Å². The van der Waals surface area contributed by atoms with Gasteiger partial charge in [0.2, 0.25) is 0 Å². The molecule has 23 heavy (non-hydrogen) atoms. The third-order valence-corrected chi connectivity index (χ3v) is 4.47. The molecule has 0 aliphatic heterocycles. The van der Waals surface area contributed by atoms with Crippen LogP contribution in [0.15, 0.2) is 0 Å². The van der Waals surface area contributed by atoms with Crippen molar-refractivity contribution in [2.75, 3.05) is 6.54 Å². The van der Waals surface area contributed by atoms with Crippen LogP contribution in [-0.2, 0) is 19.6 Å². The molecule has 2 atom stereocenters. The Labute approximate surface area is 129 Å². The number of esters is 1. The van der Waals surface area contributed by atoms with Crippen LogP contribution in [0, 0.1) is 5.41 Å². The molecule has 0 aromatic rings. The smallest absolute Gasteiger partial charge is 0.460 e. The topological polar surface area (TPSA) is 72.5 Å². The van der Waals surface area contributed by atoms with Crippen molar-refractivity contribution >= 4 is 16.0 Å². The zero-order valence-electron chi connectivity index (χ0n) is 12.5. The fraction of sp³-hybridized carbons (Fsp3) is 0.909. The normalized spacial score (nSPS) is 17.4. The van der Waals surface area contributed by atoms with Gasteiger partial charge in [-0.1, -0.05) is 13.8 Å². The summed E-state index contributed by atoms with van der Waals surface area (Å²) in [7, 11) is -5.67. The molecule has 0 rings (SSSR count). The maximum atomic E-state index is 12.9.